The lowest BCUT2D eigenvalue weighted by molar-refractivity contribution is -0.138. The zero-order valence-corrected chi connectivity index (χ0v) is 42.5. The van der Waals surface area contributed by atoms with Gasteiger partial charge in [0.1, 0.15) is 33.5 Å². The third-order valence-corrected chi connectivity index (χ3v) is 11.1. The third kappa shape index (κ3) is 15.0. The second-order valence-corrected chi connectivity index (χ2v) is 16.8. The van der Waals surface area contributed by atoms with Crippen LogP contribution in [0.3, 0.4) is 0 Å². The maximum atomic E-state index is 13.0. The van der Waals surface area contributed by atoms with E-state index in [9.17, 15) is 62.3 Å². The number of pyridine rings is 8. The molecule has 10 aromatic rings. The average Bonchev–Trinajstić information content (AvgIpc) is 2.33. The SMILES string of the molecule is Cc1ccc(-c2c3ncc(C(F)(F)F)cc3nn2-c2ccccn2)cn1.FC(F)(F)c1cnc2c(Cl)n(-c3ccccn3)nc2c1.[N-]=[N+]=Nc1cc(C(F)(F)F)cnc1C(=O)Cc1ccccn1.[N-]=[N+]=Nc1cc(C(F)(F)F)cnc1C(=O)O. The fourth-order valence-electron chi connectivity index (χ4n) is 6.96. The highest BCUT2D eigenvalue weighted by Crippen LogP contribution is 2.37. The number of Topliss-reactive ketones (excluding diaryl/α,β-unsaturated/α-hetero) is 1. The van der Waals surface area contributed by atoms with Crippen LogP contribution in [0, 0.1) is 6.92 Å². The minimum Gasteiger partial charge on any atom is -0.477 e. The van der Waals surface area contributed by atoms with Crippen LogP contribution >= 0.6 is 11.6 Å². The van der Waals surface area contributed by atoms with E-state index in [0.717, 1.165) is 30.2 Å². The summed E-state index contributed by atoms with van der Waals surface area (Å²) in [5.41, 5.74) is 13.6. The van der Waals surface area contributed by atoms with Gasteiger partial charge in [-0.25, -0.2) is 29.1 Å². The molecule has 84 heavy (non-hydrogen) atoms. The van der Waals surface area contributed by atoms with Crippen molar-refractivity contribution in [3.8, 4) is 22.9 Å². The molecular weight excluding hydrogens is 1160 g/mol. The first kappa shape index (κ1) is 61.0. The minimum atomic E-state index is -4.68. The van der Waals surface area contributed by atoms with E-state index in [-0.39, 0.29) is 33.8 Å². The summed E-state index contributed by atoms with van der Waals surface area (Å²) < 4.78 is 154. The molecule has 0 saturated carbocycles. The molecule has 0 unspecified atom stereocenters. The molecule has 0 fully saturated rings. The normalized spacial score (nSPS) is 11.4. The predicted octanol–water partition coefficient (Wildman–Crippen LogP) is 14.3. The summed E-state index contributed by atoms with van der Waals surface area (Å²) in [6, 6.07) is 21.8. The van der Waals surface area contributed by atoms with Gasteiger partial charge in [-0.05, 0) is 90.8 Å². The molecule has 0 atom stereocenters. The van der Waals surface area contributed by atoms with Crippen molar-refractivity contribution in [2.45, 2.75) is 38.0 Å². The van der Waals surface area contributed by atoms with Crippen LogP contribution < -0.4 is 0 Å². The number of hydrogen-bond acceptors (Lipinski definition) is 14. The molecule has 0 aliphatic rings. The Labute approximate surface area is 465 Å². The van der Waals surface area contributed by atoms with E-state index < -0.39 is 75.8 Å². The first-order valence-corrected chi connectivity index (χ1v) is 23.3. The van der Waals surface area contributed by atoms with Crippen molar-refractivity contribution in [3.63, 3.8) is 0 Å². The maximum absolute atomic E-state index is 13.0. The second kappa shape index (κ2) is 25.4. The number of ketones is 1. The molecule has 0 aliphatic heterocycles. The predicted molar refractivity (Wildman–Crippen MR) is 272 cm³/mol. The van der Waals surface area contributed by atoms with Crippen molar-refractivity contribution in [1.29, 1.82) is 0 Å². The molecule has 10 heterocycles. The highest BCUT2D eigenvalue weighted by Gasteiger charge is 2.35. The second-order valence-electron chi connectivity index (χ2n) is 16.5. The highest BCUT2D eigenvalue weighted by molar-refractivity contribution is 6.34. The minimum absolute atomic E-state index is 0.0653. The van der Waals surface area contributed by atoms with E-state index in [4.69, 9.17) is 27.8 Å². The van der Waals surface area contributed by atoms with Crippen molar-refractivity contribution in [1.82, 2.24) is 59.4 Å². The van der Waals surface area contributed by atoms with Crippen LogP contribution in [-0.2, 0) is 31.1 Å². The summed E-state index contributed by atoms with van der Waals surface area (Å²) in [6.07, 6.45) is -9.74. The lowest BCUT2D eigenvalue weighted by Gasteiger charge is -2.09. The molecule has 10 aromatic heterocycles. The van der Waals surface area contributed by atoms with Crippen LogP contribution in [-0.4, -0.2) is 76.3 Å². The summed E-state index contributed by atoms with van der Waals surface area (Å²) in [7, 11) is 0. The number of rotatable bonds is 9. The van der Waals surface area contributed by atoms with Gasteiger partial charge in [0, 0.05) is 76.3 Å². The standard InChI is InChI=1S/C18H12F3N5.C13H8F3N5O.C12H6ClF3N4.C7H3F3N4O2/c1-11-5-6-12(9-23-11)17-16-14(8-13(10-24-16)18(19,20)21)25-26(17)15-4-2-3-7-22-15;14-13(15,16)8-5-10(20-21-17)12(19-7-8)11(22)6-9-3-1-2-4-18-9;13-11-10-8(5-7(6-18-10)12(14,15)16)19-20(11)9-3-1-2-4-17-9;8-7(9,10)3-1-4(13-14-11)5(6(15)16)12-2-3/h2-10H,1H3;1-5,7H,6H2;1-6H;1-2H,(H,15,16). The number of alkyl halides is 12. The third-order valence-electron chi connectivity index (χ3n) is 10.8. The molecule has 0 bridgehead atoms. The molecule has 10 rings (SSSR count). The van der Waals surface area contributed by atoms with Crippen molar-refractivity contribution in [2.24, 2.45) is 10.2 Å². The van der Waals surface area contributed by atoms with Crippen LogP contribution in [0.5, 0.6) is 0 Å². The van der Waals surface area contributed by atoms with E-state index in [1.807, 2.05) is 19.1 Å². The Hall–Kier alpha value is -10.7. The van der Waals surface area contributed by atoms with Crippen LogP contribution in [0.4, 0.5) is 64.1 Å². The summed E-state index contributed by atoms with van der Waals surface area (Å²) in [5.74, 6) is -1.27. The number of carboxylic acids is 1. The van der Waals surface area contributed by atoms with Gasteiger partial charge < -0.3 is 5.11 Å². The molecule has 0 amide bonds. The molecule has 0 saturated heterocycles. The molecule has 0 spiro atoms. The Morgan fingerprint density at radius 1 is 0.548 bits per heavy atom. The Balaban J connectivity index is 0.000000163. The number of azide groups is 2. The average molecular weight is 1190 g/mol. The molecule has 0 aromatic carbocycles. The quantitative estimate of drug-likeness (QED) is 0.0463. The zero-order valence-electron chi connectivity index (χ0n) is 41.7. The van der Waals surface area contributed by atoms with E-state index >= 15 is 0 Å². The van der Waals surface area contributed by atoms with Crippen molar-refractivity contribution >= 4 is 56.8 Å². The summed E-state index contributed by atoms with van der Waals surface area (Å²) in [4.78, 5) is 58.1. The van der Waals surface area contributed by atoms with Crippen molar-refractivity contribution in [2.75, 3.05) is 0 Å². The van der Waals surface area contributed by atoms with Crippen LogP contribution in [0.25, 0.3) is 65.8 Å². The summed E-state index contributed by atoms with van der Waals surface area (Å²) in [5, 5.41) is 23.0. The topological polar surface area (TPSA) is 291 Å². The first-order chi connectivity index (χ1) is 39.7. The molecule has 0 aliphatic carbocycles. The summed E-state index contributed by atoms with van der Waals surface area (Å²) in [6.45, 7) is 1.85. The number of aromatic nitrogens is 12. The molecular formula is C50H29ClF12N18O3. The highest BCUT2D eigenvalue weighted by atomic mass is 35.5. The van der Waals surface area contributed by atoms with E-state index in [0.29, 0.717) is 58.6 Å². The van der Waals surface area contributed by atoms with Crippen LogP contribution in [0.1, 0.15) is 54.6 Å². The van der Waals surface area contributed by atoms with Gasteiger partial charge in [0.25, 0.3) is 0 Å². The number of aryl methyl sites for hydroxylation is 1. The number of aromatic carboxylic acids is 1. The van der Waals surface area contributed by atoms with Gasteiger partial charge in [-0.15, -0.1) is 0 Å². The van der Waals surface area contributed by atoms with Crippen molar-refractivity contribution < 1.29 is 67.4 Å². The Kier molecular flexibility index (Phi) is 18.5. The molecule has 21 nitrogen and oxygen atoms in total. The number of hydrogen-bond donors (Lipinski definition) is 1. The number of carbonyl (C=O) groups is 2. The Morgan fingerprint density at radius 2 is 1.00 bits per heavy atom. The Morgan fingerprint density at radius 3 is 1.46 bits per heavy atom. The molecule has 428 valence electrons. The summed E-state index contributed by atoms with van der Waals surface area (Å²) >= 11 is 6.07. The maximum Gasteiger partial charge on any atom is 0.417 e. The van der Waals surface area contributed by atoms with Gasteiger partial charge in [0.05, 0.1) is 40.0 Å². The van der Waals surface area contributed by atoms with Gasteiger partial charge in [-0.3, -0.25) is 29.7 Å². The zero-order chi connectivity index (χ0) is 61.1. The lowest BCUT2D eigenvalue weighted by Crippen LogP contribution is -2.11. The number of halogens is 13. The van der Waals surface area contributed by atoms with E-state index in [1.165, 1.54) is 21.8 Å². The molecule has 34 heteroatoms. The number of nitrogens with zero attached hydrogens (tertiary/aromatic N) is 18. The van der Waals surface area contributed by atoms with Gasteiger partial charge in [-0.1, -0.05) is 40.0 Å². The fourth-order valence-corrected chi connectivity index (χ4v) is 7.23. The van der Waals surface area contributed by atoms with Crippen LogP contribution in [0.2, 0.25) is 5.15 Å². The number of carboxylic acid groups (broad SMARTS) is 1. The van der Waals surface area contributed by atoms with E-state index in [2.05, 4.69) is 70.1 Å². The molecule has 0 radical (unpaired) electrons. The smallest absolute Gasteiger partial charge is 0.417 e. The largest absolute Gasteiger partial charge is 0.477 e. The van der Waals surface area contributed by atoms with Gasteiger partial charge in [-0.2, -0.15) is 62.9 Å². The first-order valence-electron chi connectivity index (χ1n) is 22.9. The van der Waals surface area contributed by atoms with Gasteiger partial charge >= 0.3 is 30.7 Å². The van der Waals surface area contributed by atoms with E-state index in [1.54, 1.807) is 67.0 Å². The number of fused-ring (bicyclic) bond motifs is 2. The van der Waals surface area contributed by atoms with Gasteiger partial charge in [0.2, 0.25) is 0 Å². The monoisotopic (exact) mass is 1190 g/mol. The number of carbonyl (C=O) groups excluding carboxylic acids is 1. The van der Waals surface area contributed by atoms with Crippen LogP contribution in [0.15, 0.2) is 151 Å². The van der Waals surface area contributed by atoms with Crippen molar-refractivity contribution in [3.05, 3.63) is 212 Å². The molecule has 1 N–H and O–H groups in total. The Bertz CT molecular complexity index is 4100. The lowest BCUT2D eigenvalue weighted by atomic mass is 10.1. The van der Waals surface area contributed by atoms with Gasteiger partial charge in [0.15, 0.2) is 28.3 Å². The fraction of sp³-hybridized carbons (Fsp3) is 0.120.